The number of methoxy groups -OCH3 is 1. The van der Waals surface area contributed by atoms with Crippen LogP contribution in [-0.4, -0.2) is 50.5 Å². The van der Waals surface area contributed by atoms with E-state index in [1.54, 1.807) is 11.7 Å². The number of nitrogens with one attached hydrogen (secondary N) is 1. The Kier molecular flexibility index (Phi) is 5.28. The van der Waals surface area contributed by atoms with Crippen molar-refractivity contribution >= 4 is 17.1 Å². The number of ether oxygens (including phenoxy) is 3. The van der Waals surface area contributed by atoms with Gasteiger partial charge in [0.25, 0.3) is 5.56 Å². The monoisotopic (exact) mass is 393 g/mol. The van der Waals surface area contributed by atoms with Gasteiger partial charge < -0.3 is 19.9 Å². The lowest BCUT2D eigenvalue weighted by atomic mass is 9.87. The van der Waals surface area contributed by atoms with E-state index in [-0.39, 0.29) is 40.2 Å². The highest BCUT2D eigenvalue weighted by atomic mass is 16.6. The van der Waals surface area contributed by atoms with Gasteiger partial charge in [0.15, 0.2) is 17.4 Å². The summed E-state index contributed by atoms with van der Waals surface area (Å²) in [6.07, 6.45) is 0.912. The van der Waals surface area contributed by atoms with Crippen molar-refractivity contribution in [2.45, 2.75) is 78.1 Å². The summed E-state index contributed by atoms with van der Waals surface area (Å²) < 4.78 is 20.3. The molecule has 2 aromatic rings. The van der Waals surface area contributed by atoms with E-state index in [4.69, 9.17) is 19.9 Å². The molecule has 0 unspecified atom stereocenters. The predicted octanol–water partition coefficient (Wildman–Crippen LogP) is 2.23. The van der Waals surface area contributed by atoms with E-state index in [0.29, 0.717) is 5.65 Å². The van der Waals surface area contributed by atoms with Gasteiger partial charge in [-0.1, -0.05) is 20.8 Å². The van der Waals surface area contributed by atoms with E-state index in [1.807, 2.05) is 20.8 Å². The number of aromatic amines is 1. The fourth-order valence-electron chi connectivity index (χ4n) is 3.63. The summed E-state index contributed by atoms with van der Waals surface area (Å²) in [7, 11) is 1.63. The molecule has 0 aromatic carbocycles. The predicted molar refractivity (Wildman–Crippen MR) is 106 cm³/mol. The van der Waals surface area contributed by atoms with Crippen LogP contribution in [0, 0.1) is 5.41 Å². The van der Waals surface area contributed by atoms with Crippen molar-refractivity contribution in [2.24, 2.45) is 5.41 Å². The number of anilines is 1. The Morgan fingerprint density at radius 1 is 1.25 bits per heavy atom. The van der Waals surface area contributed by atoms with Crippen LogP contribution in [0.5, 0.6) is 0 Å². The summed E-state index contributed by atoms with van der Waals surface area (Å²) in [6.45, 7) is 12.5. The molecule has 1 saturated heterocycles. The molecule has 28 heavy (non-hydrogen) atoms. The maximum Gasteiger partial charge on any atom is 0.280 e. The van der Waals surface area contributed by atoms with Crippen molar-refractivity contribution in [3.05, 3.63) is 16.7 Å². The first-order valence-electron chi connectivity index (χ1n) is 9.48. The van der Waals surface area contributed by atoms with Gasteiger partial charge in [-0.2, -0.15) is 4.98 Å². The third kappa shape index (κ3) is 4.21. The second-order valence-corrected chi connectivity index (χ2v) is 9.50. The zero-order valence-corrected chi connectivity index (χ0v) is 17.6. The number of hydrogen-bond donors (Lipinski definition) is 2. The van der Waals surface area contributed by atoms with Gasteiger partial charge in [-0.25, -0.2) is 4.98 Å². The van der Waals surface area contributed by atoms with Crippen molar-refractivity contribution < 1.29 is 14.2 Å². The summed E-state index contributed by atoms with van der Waals surface area (Å²) in [4.78, 5) is 23.0. The largest absolute Gasteiger partial charge is 0.374 e. The van der Waals surface area contributed by atoms with Crippen molar-refractivity contribution in [2.75, 3.05) is 12.8 Å². The van der Waals surface area contributed by atoms with Crippen molar-refractivity contribution in [1.29, 1.82) is 0 Å². The van der Waals surface area contributed by atoms with Gasteiger partial charge in [-0.05, 0) is 32.6 Å². The van der Waals surface area contributed by atoms with Gasteiger partial charge in [0.2, 0.25) is 5.95 Å². The molecule has 0 radical (unpaired) electrons. The summed E-state index contributed by atoms with van der Waals surface area (Å²) in [6, 6.07) is 0. The van der Waals surface area contributed by atoms with Crippen LogP contribution in [0.15, 0.2) is 11.1 Å². The summed E-state index contributed by atoms with van der Waals surface area (Å²) in [5, 5.41) is 0. The topological polar surface area (TPSA) is 117 Å². The average molecular weight is 393 g/mol. The smallest absolute Gasteiger partial charge is 0.280 e. The Labute approximate surface area is 164 Å². The third-order valence-corrected chi connectivity index (χ3v) is 4.59. The van der Waals surface area contributed by atoms with Gasteiger partial charge in [-0.15, -0.1) is 0 Å². The van der Waals surface area contributed by atoms with Crippen LogP contribution in [0.4, 0.5) is 5.95 Å². The van der Waals surface area contributed by atoms with Crippen molar-refractivity contribution in [1.82, 2.24) is 19.5 Å². The second kappa shape index (κ2) is 7.13. The summed E-state index contributed by atoms with van der Waals surface area (Å²) in [5.41, 5.74) is 5.58. The summed E-state index contributed by atoms with van der Waals surface area (Å²) >= 11 is 0. The molecule has 0 aliphatic carbocycles. The lowest BCUT2D eigenvalue weighted by Gasteiger charge is -2.32. The van der Waals surface area contributed by atoms with E-state index < -0.39 is 12.3 Å². The molecular weight excluding hydrogens is 362 g/mol. The maximum absolute atomic E-state index is 12.1. The molecule has 0 saturated carbocycles. The number of imidazole rings is 1. The van der Waals surface area contributed by atoms with E-state index in [0.717, 1.165) is 6.42 Å². The number of rotatable bonds is 4. The molecule has 0 bridgehead atoms. The SMILES string of the molecule is CO[C@@H]1[C@H](OC(C)(C)C)[C@@H](CC(C)(C)C)O[C@H]1n1cnc2c(=O)[nH]c(N)nc21. The molecule has 2 aromatic heterocycles. The number of aromatic nitrogens is 4. The number of H-pyrrole nitrogens is 1. The Hall–Kier alpha value is -1.97. The van der Waals surface area contributed by atoms with Crippen molar-refractivity contribution in [3.63, 3.8) is 0 Å². The quantitative estimate of drug-likeness (QED) is 0.818. The summed E-state index contributed by atoms with van der Waals surface area (Å²) in [5.74, 6) is 0.0277. The van der Waals surface area contributed by atoms with Crippen molar-refractivity contribution in [3.8, 4) is 0 Å². The highest BCUT2D eigenvalue weighted by Gasteiger charge is 2.49. The zero-order chi connectivity index (χ0) is 20.9. The first kappa shape index (κ1) is 20.8. The molecule has 1 fully saturated rings. The number of nitrogens with two attached hydrogens (primary N) is 1. The van der Waals surface area contributed by atoms with E-state index in [1.165, 1.54) is 6.33 Å². The van der Waals surface area contributed by atoms with Gasteiger partial charge >= 0.3 is 0 Å². The Morgan fingerprint density at radius 2 is 1.93 bits per heavy atom. The lowest BCUT2D eigenvalue weighted by molar-refractivity contribution is -0.123. The van der Waals surface area contributed by atoms with Gasteiger partial charge in [0, 0.05) is 7.11 Å². The van der Waals surface area contributed by atoms with Gasteiger partial charge in [-0.3, -0.25) is 14.3 Å². The Balaban J connectivity index is 2.04. The van der Waals surface area contributed by atoms with Crippen LogP contribution in [0.25, 0.3) is 11.2 Å². The lowest BCUT2D eigenvalue weighted by Crippen LogP contribution is -2.42. The fraction of sp³-hybridized carbons (Fsp3) is 0.737. The zero-order valence-electron chi connectivity index (χ0n) is 17.6. The van der Waals surface area contributed by atoms with Crippen LogP contribution < -0.4 is 11.3 Å². The highest BCUT2D eigenvalue weighted by molar-refractivity contribution is 5.70. The van der Waals surface area contributed by atoms with Gasteiger partial charge in [0.1, 0.15) is 12.2 Å². The number of nitrogens with zero attached hydrogens (tertiary/aromatic N) is 3. The average Bonchev–Trinajstić information content (AvgIpc) is 3.06. The second-order valence-electron chi connectivity index (χ2n) is 9.50. The van der Waals surface area contributed by atoms with Crippen LogP contribution in [-0.2, 0) is 14.2 Å². The molecule has 4 atom stereocenters. The molecule has 0 amide bonds. The molecule has 3 N–H and O–H groups in total. The van der Waals surface area contributed by atoms with Gasteiger partial charge in [0.05, 0.1) is 18.0 Å². The minimum absolute atomic E-state index is 0.0277. The normalized spacial score (nSPS) is 26.2. The number of hydrogen-bond acceptors (Lipinski definition) is 7. The first-order valence-corrected chi connectivity index (χ1v) is 9.48. The molecule has 3 heterocycles. The molecule has 3 rings (SSSR count). The first-order chi connectivity index (χ1) is 12.9. The Morgan fingerprint density at radius 3 is 2.50 bits per heavy atom. The van der Waals surface area contributed by atoms with Crippen LogP contribution in [0.3, 0.4) is 0 Å². The fourth-order valence-corrected chi connectivity index (χ4v) is 3.63. The van der Waals surface area contributed by atoms with Crippen LogP contribution in [0.2, 0.25) is 0 Å². The third-order valence-electron chi connectivity index (χ3n) is 4.59. The number of fused-ring (bicyclic) bond motifs is 1. The molecule has 1 aliphatic rings. The standard InChI is InChI=1S/C19H31N5O4/c1-18(2,3)8-10-12(28-19(4,5)6)13(26-7)16(27-10)24-9-21-11-14(24)22-17(20)23-15(11)25/h9-10,12-13,16H,8H2,1-7H3,(H3,20,22,23,25)/t10-,12-,13-,16-/m1/s1. The molecule has 9 nitrogen and oxygen atoms in total. The maximum atomic E-state index is 12.1. The molecule has 156 valence electrons. The highest BCUT2D eigenvalue weighted by Crippen LogP contribution is 2.40. The van der Waals surface area contributed by atoms with E-state index in [9.17, 15) is 4.79 Å². The van der Waals surface area contributed by atoms with Crippen LogP contribution >= 0.6 is 0 Å². The number of nitrogen functional groups attached to an aromatic ring is 1. The molecule has 9 heteroatoms. The van der Waals surface area contributed by atoms with Crippen LogP contribution in [0.1, 0.15) is 54.2 Å². The molecule has 1 aliphatic heterocycles. The Bertz CT molecular complexity index is 892. The van der Waals surface area contributed by atoms with E-state index in [2.05, 4.69) is 35.7 Å². The molecule has 0 spiro atoms. The minimum Gasteiger partial charge on any atom is -0.374 e. The molecular formula is C19H31N5O4. The minimum atomic E-state index is -0.539. The van der Waals surface area contributed by atoms with E-state index >= 15 is 0 Å².